The number of non-ortho nitro benzene ring substituents is 1. The van der Waals surface area contributed by atoms with Gasteiger partial charge in [-0.25, -0.2) is 4.79 Å². The predicted molar refractivity (Wildman–Crippen MR) is 150 cm³/mol. The number of rotatable bonds is 12. The van der Waals surface area contributed by atoms with Gasteiger partial charge in [-0.2, -0.15) is 0 Å². The van der Waals surface area contributed by atoms with Gasteiger partial charge in [0, 0.05) is 42.8 Å². The zero-order valence-electron chi connectivity index (χ0n) is 21.6. The van der Waals surface area contributed by atoms with Gasteiger partial charge in [-0.1, -0.05) is 29.8 Å². The van der Waals surface area contributed by atoms with Crippen molar-refractivity contribution in [3.8, 4) is 0 Å². The number of nitrogens with zero attached hydrogens (tertiary/aromatic N) is 2. The number of carbonyl (C=O) groups is 2. The molecule has 5 N–H and O–H groups in total. The van der Waals surface area contributed by atoms with E-state index < -0.39 is 17.0 Å². The summed E-state index contributed by atoms with van der Waals surface area (Å²) >= 11 is 0. The highest BCUT2D eigenvalue weighted by Crippen LogP contribution is 2.20. The Hall–Kier alpha value is -4.44. The summed E-state index contributed by atoms with van der Waals surface area (Å²) in [6.07, 6.45) is 1.93. The van der Waals surface area contributed by atoms with Gasteiger partial charge in [0.25, 0.3) is 5.69 Å². The van der Waals surface area contributed by atoms with Gasteiger partial charge >= 0.3 is 6.03 Å². The van der Waals surface area contributed by atoms with E-state index in [4.69, 9.17) is 5.73 Å². The second kappa shape index (κ2) is 13.8. The van der Waals surface area contributed by atoms with Gasteiger partial charge in [0.15, 0.2) is 0 Å². The van der Waals surface area contributed by atoms with Crippen LogP contribution in [0.4, 0.5) is 27.5 Å². The van der Waals surface area contributed by atoms with Gasteiger partial charge in [-0.15, -0.1) is 0 Å². The van der Waals surface area contributed by atoms with Crippen LogP contribution in [0.1, 0.15) is 30.4 Å². The van der Waals surface area contributed by atoms with Crippen molar-refractivity contribution in [2.24, 2.45) is 5.73 Å². The van der Waals surface area contributed by atoms with Crippen LogP contribution in [-0.2, 0) is 11.3 Å². The minimum atomic E-state index is -0.711. The molecule has 0 fully saturated rings. The van der Waals surface area contributed by atoms with Crippen LogP contribution in [0.5, 0.6) is 0 Å². The second-order valence-corrected chi connectivity index (χ2v) is 9.12. The van der Waals surface area contributed by atoms with E-state index in [1.165, 1.54) is 12.1 Å². The first-order valence-corrected chi connectivity index (χ1v) is 12.4. The molecule has 3 rings (SSSR count). The van der Waals surface area contributed by atoms with Gasteiger partial charge in [0.1, 0.15) is 6.04 Å². The molecule has 3 aromatic rings. The van der Waals surface area contributed by atoms with Crippen molar-refractivity contribution in [3.05, 3.63) is 94.0 Å². The van der Waals surface area contributed by atoms with E-state index in [9.17, 15) is 19.7 Å². The Morgan fingerprint density at radius 3 is 2.13 bits per heavy atom. The number of hydrogen-bond acceptors (Lipinski definition) is 6. The number of urea groups is 1. The molecule has 0 aromatic heterocycles. The van der Waals surface area contributed by atoms with Crippen molar-refractivity contribution in [2.75, 3.05) is 29.1 Å². The van der Waals surface area contributed by atoms with Gasteiger partial charge in [-0.3, -0.25) is 14.9 Å². The minimum Gasteiger partial charge on any atom is -0.370 e. The van der Waals surface area contributed by atoms with Crippen molar-refractivity contribution >= 4 is 34.7 Å². The van der Waals surface area contributed by atoms with E-state index in [0.29, 0.717) is 37.3 Å². The molecule has 0 spiro atoms. The fourth-order valence-corrected chi connectivity index (χ4v) is 3.84. The number of benzene rings is 3. The van der Waals surface area contributed by atoms with E-state index in [-0.39, 0.29) is 11.6 Å². The molecule has 1 atom stereocenters. The summed E-state index contributed by atoms with van der Waals surface area (Å²) in [5.74, 6) is -0.286. The third-order valence-electron chi connectivity index (χ3n) is 6.02. The number of nitrogens with one attached hydrogen (secondary N) is 3. The molecule has 38 heavy (non-hydrogen) atoms. The standard InChI is InChI=1S/C28H34N6O4/c1-20-6-10-22(11-7-20)30-27(35)26(5-3-4-18-29)32-28(36)31-23-12-8-21(9-13-23)19-33(2)24-14-16-25(17-15-24)34(37)38/h6-17,26H,3-5,18-19,29H2,1-2H3,(H,30,35)(H2,31,32,36)/t26-/m0/s1. The molecule has 0 aliphatic heterocycles. The molecular weight excluding hydrogens is 484 g/mol. The maximum Gasteiger partial charge on any atom is 0.319 e. The Morgan fingerprint density at radius 2 is 1.53 bits per heavy atom. The SMILES string of the molecule is Cc1ccc(NC(=O)[C@H](CCCCN)NC(=O)Nc2ccc(CN(C)c3ccc([N+](=O)[O-])cc3)cc2)cc1. The first-order chi connectivity index (χ1) is 18.2. The number of aryl methyl sites for hydroxylation is 1. The van der Waals surface area contributed by atoms with Crippen LogP contribution < -0.4 is 26.6 Å². The molecule has 3 aromatic carbocycles. The average Bonchev–Trinajstić information content (AvgIpc) is 2.90. The molecule has 0 unspecified atom stereocenters. The summed E-state index contributed by atoms with van der Waals surface area (Å²) < 4.78 is 0. The summed E-state index contributed by atoms with van der Waals surface area (Å²) in [6.45, 7) is 3.06. The van der Waals surface area contributed by atoms with Crippen molar-refractivity contribution in [3.63, 3.8) is 0 Å². The largest absolute Gasteiger partial charge is 0.370 e. The first kappa shape index (κ1) is 28.1. The normalized spacial score (nSPS) is 11.3. The average molecular weight is 519 g/mol. The number of nitro groups is 1. The monoisotopic (exact) mass is 518 g/mol. The second-order valence-electron chi connectivity index (χ2n) is 9.12. The molecule has 0 aliphatic carbocycles. The molecule has 10 nitrogen and oxygen atoms in total. The molecule has 0 saturated carbocycles. The van der Waals surface area contributed by atoms with E-state index in [0.717, 1.165) is 23.2 Å². The highest BCUT2D eigenvalue weighted by Gasteiger charge is 2.21. The lowest BCUT2D eigenvalue weighted by atomic mass is 10.1. The van der Waals surface area contributed by atoms with E-state index >= 15 is 0 Å². The number of anilines is 3. The Bertz CT molecular complexity index is 1210. The summed E-state index contributed by atoms with van der Waals surface area (Å²) in [7, 11) is 1.90. The highest BCUT2D eigenvalue weighted by atomic mass is 16.6. The predicted octanol–water partition coefficient (Wildman–Crippen LogP) is 4.80. The zero-order valence-corrected chi connectivity index (χ0v) is 21.6. The number of amides is 3. The molecule has 0 bridgehead atoms. The fourth-order valence-electron chi connectivity index (χ4n) is 3.84. The lowest BCUT2D eigenvalue weighted by Gasteiger charge is -2.20. The van der Waals surface area contributed by atoms with E-state index in [2.05, 4.69) is 16.0 Å². The number of nitrogens with two attached hydrogens (primary N) is 1. The lowest BCUT2D eigenvalue weighted by molar-refractivity contribution is -0.384. The summed E-state index contributed by atoms with van der Waals surface area (Å²) in [5.41, 5.74) is 9.83. The van der Waals surface area contributed by atoms with Crippen molar-refractivity contribution < 1.29 is 14.5 Å². The summed E-state index contributed by atoms with van der Waals surface area (Å²) in [6, 6.07) is 20.0. The van der Waals surface area contributed by atoms with E-state index in [1.807, 2.05) is 55.3 Å². The molecule has 10 heteroatoms. The minimum absolute atomic E-state index is 0.0464. The third kappa shape index (κ3) is 8.59. The van der Waals surface area contributed by atoms with Crippen molar-refractivity contribution in [1.82, 2.24) is 5.32 Å². The Kier molecular flexibility index (Phi) is 10.2. The number of unbranched alkanes of at least 4 members (excludes halogenated alkanes) is 1. The number of hydrogen-bond donors (Lipinski definition) is 4. The molecule has 0 heterocycles. The van der Waals surface area contributed by atoms with Crippen LogP contribution in [0.15, 0.2) is 72.8 Å². The topological polar surface area (TPSA) is 143 Å². The van der Waals surface area contributed by atoms with Crippen LogP contribution in [0.25, 0.3) is 0 Å². The maximum atomic E-state index is 12.9. The Morgan fingerprint density at radius 1 is 0.921 bits per heavy atom. The van der Waals surface area contributed by atoms with Crippen LogP contribution in [-0.4, -0.2) is 36.5 Å². The van der Waals surface area contributed by atoms with Crippen molar-refractivity contribution in [1.29, 1.82) is 0 Å². The van der Waals surface area contributed by atoms with E-state index in [1.54, 1.807) is 24.3 Å². The molecular formula is C28H34N6O4. The smallest absolute Gasteiger partial charge is 0.319 e. The van der Waals surface area contributed by atoms with Gasteiger partial charge in [0.2, 0.25) is 5.91 Å². The summed E-state index contributed by atoms with van der Waals surface area (Å²) in [4.78, 5) is 38.0. The maximum absolute atomic E-state index is 12.9. The van der Waals surface area contributed by atoms with Gasteiger partial charge in [-0.05, 0) is 74.7 Å². The fraction of sp³-hybridized carbons (Fsp3) is 0.286. The molecule has 3 amide bonds. The number of nitro benzene ring substituents is 1. The quantitative estimate of drug-likeness (QED) is 0.154. The zero-order chi connectivity index (χ0) is 27.5. The summed E-state index contributed by atoms with van der Waals surface area (Å²) in [5, 5.41) is 19.3. The van der Waals surface area contributed by atoms with Crippen LogP contribution in [0.2, 0.25) is 0 Å². The van der Waals surface area contributed by atoms with Crippen LogP contribution in [0, 0.1) is 17.0 Å². The molecule has 0 radical (unpaired) electrons. The molecule has 0 saturated heterocycles. The van der Waals surface area contributed by atoms with Gasteiger partial charge < -0.3 is 26.6 Å². The molecule has 0 aliphatic rings. The first-order valence-electron chi connectivity index (χ1n) is 12.4. The van der Waals surface area contributed by atoms with Crippen LogP contribution >= 0.6 is 0 Å². The third-order valence-corrected chi connectivity index (χ3v) is 6.02. The van der Waals surface area contributed by atoms with Crippen molar-refractivity contribution in [2.45, 2.75) is 38.8 Å². The van der Waals surface area contributed by atoms with Crippen LogP contribution in [0.3, 0.4) is 0 Å². The number of carbonyl (C=O) groups excluding carboxylic acids is 2. The highest BCUT2D eigenvalue weighted by molar-refractivity contribution is 5.99. The Balaban J connectivity index is 1.56. The lowest BCUT2D eigenvalue weighted by Crippen LogP contribution is -2.45. The Labute approximate surface area is 222 Å². The molecule has 200 valence electrons. The van der Waals surface area contributed by atoms with Gasteiger partial charge in [0.05, 0.1) is 4.92 Å².